The fourth-order valence-corrected chi connectivity index (χ4v) is 4.37. The number of fused-ring (bicyclic) bond motifs is 3. The maximum Gasteiger partial charge on any atom is 0.125 e. The average Bonchev–Trinajstić information content (AvgIpc) is 3.17. The van der Waals surface area contributed by atoms with Crippen molar-refractivity contribution in [2.75, 3.05) is 13.7 Å². The van der Waals surface area contributed by atoms with Gasteiger partial charge in [-0.1, -0.05) is 35.9 Å². The second kappa shape index (κ2) is 8.05. The molecular weight excluding hydrogens is 396 g/mol. The van der Waals surface area contributed by atoms with Gasteiger partial charge < -0.3 is 19.8 Å². The van der Waals surface area contributed by atoms with Gasteiger partial charge in [-0.25, -0.2) is 0 Å². The van der Waals surface area contributed by atoms with E-state index in [0.29, 0.717) is 11.6 Å². The molecule has 0 bridgehead atoms. The smallest absolute Gasteiger partial charge is 0.125 e. The van der Waals surface area contributed by atoms with Gasteiger partial charge in [0.25, 0.3) is 0 Å². The van der Waals surface area contributed by atoms with Crippen LogP contribution < -0.4 is 14.8 Å². The van der Waals surface area contributed by atoms with E-state index in [2.05, 4.69) is 46.7 Å². The van der Waals surface area contributed by atoms with Gasteiger partial charge in [0.05, 0.1) is 13.2 Å². The summed E-state index contributed by atoms with van der Waals surface area (Å²) in [6, 6.07) is 22.4. The van der Waals surface area contributed by atoms with Crippen LogP contribution in [0.15, 0.2) is 66.7 Å². The molecule has 30 heavy (non-hydrogen) atoms. The number of benzene rings is 3. The number of ether oxygens (including phenoxy) is 2. The van der Waals surface area contributed by atoms with Gasteiger partial charge in [-0.15, -0.1) is 0 Å². The van der Waals surface area contributed by atoms with Crippen molar-refractivity contribution in [1.82, 2.24) is 10.3 Å². The molecule has 3 aromatic carbocycles. The van der Waals surface area contributed by atoms with E-state index < -0.39 is 0 Å². The Morgan fingerprint density at radius 2 is 1.87 bits per heavy atom. The number of hydrogen-bond donors (Lipinski definition) is 2. The van der Waals surface area contributed by atoms with Gasteiger partial charge in [0.15, 0.2) is 0 Å². The Kier molecular flexibility index (Phi) is 5.11. The summed E-state index contributed by atoms with van der Waals surface area (Å²) in [5.41, 5.74) is 6.05. The Bertz CT molecular complexity index is 1180. The van der Waals surface area contributed by atoms with Crippen molar-refractivity contribution in [1.29, 1.82) is 0 Å². The summed E-state index contributed by atoms with van der Waals surface area (Å²) in [5.74, 6) is 1.60. The SMILES string of the molecule is COc1ccc(C2NCCc3c2[nH]c2ccccc32)cc1COc1ccc(Cl)cc1. The molecule has 1 aliphatic rings. The molecule has 0 spiro atoms. The predicted molar refractivity (Wildman–Crippen MR) is 121 cm³/mol. The van der Waals surface area contributed by atoms with Gasteiger partial charge in [0.2, 0.25) is 0 Å². The van der Waals surface area contributed by atoms with Crippen LogP contribution in [0.5, 0.6) is 11.5 Å². The van der Waals surface area contributed by atoms with Gasteiger partial charge in [-0.05, 0) is 60.0 Å². The van der Waals surface area contributed by atoms with Crippen molar-refractivity contribution in [2.24, 2.45) is 0 Å². The third-order valence-electron chi connectivity index (χ3n) is 5.70. The second-order valence-electron chi connectivity index (χ2n) is 7.51. The summed E-state index contributed by atoms with van der Waals surface area (Å²) in [5, 5.41) is 5.68. The molecule has 1 atom stereocenters. The third-order valence-corrected chi connectivity index (χ3v) is 5.96. The molecule has 4 aromatic rings. The van der Waals surface area contributed by atoms with E-state index in [0.717, 1.165) is 30.0 Å². The number of aromatic amines is 1. The average molecular weight is 419 g/mol. The lowest BCUT2D eigenvalue weighted by molar-refractivity contribution is 0.296. The van der Waals surface area contributed by atoms with Crippen LogP contribution in [0.25, 0.3) is 10.9 Å². The number of halogens is 1. The Morgan fingerprint density at radius 3 is 2.70 bits per heavy atom. The zero-order valence-electron chi connectivity index (χ0n) is 16.7. The first-order valence-electron chi connectivity index (χ1n) is 10.1. The predicted octanol–water partition coefficient (Wildman–Crippen LogP) is 5.64. The number of H-pyrrole nitrogens is 1. The number of rotatable bonds is 5. The molecular formula is C25H23ClN2O2. The van der Waals surface area contributed by atoms with E-state index in [1.807, 2.05) is 30.3 Å². The lowest BCUT2D eigenvalue weighted by Gasteiger charge is -2.25. The molecule has 0 saturated carbocycles. The number of nitrogens with one attached hydrogen (secondary N) is 2. The molecule has 0 radical (unpaired) electrons. The van der Waals surface area contributed by atoms with Crippen molar-refractivity contribution in [3.63, 3.8) is 0 Å². The molecule has 1 aliphatic heterocycles. The minimum Gasteiger partial charge on any atom is -0.496 e. The highest BCUT2D eigenvalue weighted by Gasteiger charge is 2.25. The van der Waals surface area contributed by atoms with Crippen LogP contribution in [-0.4, -0.2) is 18.6 Å². The van der Waals surface area contributed by atoms with Crippen molar-refractivity contribution in [3.05, 3.63) is 94.1 Å². The van der Waals surface area contributed by atoms with Crippen LogP contribution in [0.4, 0.5) is 0 Å². The zero-order valence-corrected chi connectivity index (χ0v) is 17.5. The first-order chi connectivity index (χ1) is 14.7. The summed E-state index contributed by atoms with van der Waals surface area (Å²) in [4.78, 5) is 3.64. The van der Waals surface area contributed by atoms with Gasteiger partial charge in [-0.2, -0.15) is 0 Å². The number of aromatic nitrogens is 1. The molecule has 4 nitrogen and oxygen atoms in total. The van der Waals surface area contributed by atoms with Gasteiger partial charge in [0, 0.05) is 33.7 Å². The Labute approximate surface area is 180 Å². The highest BCUT2D eigenvalue weighted by Crippen LogP contribution is 2.35. The minimum atomic E-state index is 0.112. The fraction of sp³-hybridized carbons (Fsp3) is 0.200. The maximum atomic E-state index is 5.98. The summed E-state index contributed by atoms with van der Waals surface area (Å²) >= 11 is 5.97. The van der Waals surface area contributed by atoms with Crippen LogP contribution in [0.3, 0.4) is 0 Å². The van der Waals surface area contributed by atoms with Crippen LogP contribution in [0, 0.1) is 0 Å². The summed E-state index contributed by atoms with van der Waals surface area (Å²) < 4.78 is 11.6. The molecule has 1 aromatic heterocycles. The standard InChI is InChI=1S/C25H23ClN2O2/c1-29-23-11-6-16(14-17(23)15-30-19-9-7-18(26)8-10-19)24-25-21(12-13-27-24)20-4-2-3-5-22(20)28-25/h2-11,14,24,27-28H,12-13,15H2,1H3. The monoisotopic (exact) mass is 418 g/mol. The van der Waals surface area contributed by atoms with E-state index in [1.54, 1.807) is 7.11 Å². The minimum absolute atomic E-state index is 0.112. The van der Waals surface area contributed by atoms with Gasteiger partial charge in [-0.3, -0.25) is 0 Å². The van der Waals surface area contributed by atoms with E-state index in [9.17, 15) is 0 Å². The van der Waals surface area contributed by atoms with Crippen molar-refractivity contribution >= 4 is 22.5 Å². The Balaban J connectivity index is 1.47. The van der Waals surface area contributed by atoms with Crippen LogP contribution in [0.2, 0.25) is 5.02 Å². The van der Waals surface area contributed by atoms with E-state index in [1.165, 1.54) is 27.7 Å². The molecule has 0 saturated heterocycles. The van der Waals surface area contributed by atoms with Crippen LogP contribution in [-0.2, 0) is 13.0 Å². The molecule has 0 fully saturated rings. The molecule has 5 rings (SSSR count). The van der Waals surface area contributed by atoms with E-state index in [-0.39, 0.29) is 6.04 Å². The lowest BCUT2D eigenvalue weighted by Crippen LogP contribution is -2.30. The second-order valence-corrected chi connectivity index (χ2v) is 7.95. The van der Waals surface area contributed by atoms with Crippen molar-refractivity contribution in [3.8, 4) is 11.5 Å². The Morgan fingerprint density at radius 1 is 1.03 bits per heavy atom. The van der Waals surface area contributed by atoms with Crippen LogP contribution >= 0.6 is 11.6 Å². The first-order valence-corrected chi connectivity index (χ1v) is 10.5. The largest absolute Gasteiger partial charge is 0.496 e. The molecule has 5 heteroatoms. The molecule has 0 aliphatic carbocycles. The number of methoxy groups -OCH3 is 1. The molecule has 152 valence electrons. The summed E-state index contributed by atoms with van der Waals surface area (Å²) in [6.45, 7) is 1.37. The fourth-order valence-electron chi connectivity index (χ4n) is 4.25. The molecule has 1 unspecified atom stereocenters. The van der Waals surface area contributed by atoms with Crippen molar-refractivity contribution < 1.29 is 9.47 Å². The molecule has 0 amide bonds. The number of hydrogen-bond acceptors (Lipinski definition) is 3. The zero-order chi connectivity index (χ0) is 20.5. The van der Waals surface area contributed by atoms with Gasteiger partial charge >= 0.3 is 0 Å². The van der Waals surface area contributed by atoms with E-state index in [4.69, 9.17) is 21.1 Å². The van der Waals surface area contributed by atoms with E-state index >= 15 is 0 Å². The normalized spacial score (nSPS) is 15.7. The van der Waals surface area contributed by atoms with Gasteiger partial charge in [0.1, 0.15) is 18.1 Å². The molecule has 2 N–H and O–H groups in total. The topological polar surface area (TPSA) is 46.3 Å². The Hall–Kier alpha value is -2.95. The van der Waals surface area contributed by atoms with Crippen molar-refractivity contribution in [2.45, 2.75) is 19.1 Å². The summed E-state index contributed by atoms with van der Waals surface area (Å²) in [7, 11) is 1.69. The summed E-state index contributed by atoms with van der Waals surface area (Å²) in [6.07, 6.45) is 1.03. The third kappa shape index (κ3) is 3.53. The quantitative estimate of drug-likeness (QED) is 0.440. The molecule has 2 heterocycles. The highest BCUT2D eigenvalue weighted by molar-refractivity contribution is 6.30. The highest BCUT2D eigenvalue weighted by atomic mass is 35.5. The number of para-hydroxylation sites is 1. The first kappa shape index (κ1) is 19.0. The van der Waals surface area contributed by atoms with Crippen LogP contribution in [0.1, 0.15) is 28.4 Å². The maximum absolute atomic E-state index is 5.98. The lowest BCUT2D eigenvalue weighted by atomic mass is 9.93.